The van der Waals surface area contributed by atoms with Crippen molar-refractivity contribution in [3.05, 3.63) is 89.2 Å². The number of ketones is 1. The lowest BCUT2D eigenvalue weighted by atomic mass is 9.77. The van der Waals surface area contributed by atoms with Crippen molar-refractivity contribution >= 4 is 23.5 Å². The molecule has 5 rings (SSSR count). The van der Waals surface area contributed by atoms with E-state index in [-0.39, 0.29) is 29.9 Å². The number of aromatic amines is 1. The van der Waals surface area contributed by atoms with Gasteiger partial charge in [0.15, 0.2) is 5.82 Å². The molecule has 3 N–H and O–H groups in total. The second kappa shape index (κ2) is 15.0. The molecular weight excluding hydrogens is 598 g/mol. The van der Waals surface area contributed by atoms with Crippen molar-refractivity contribution in [2.75, 3.05) is 11.9 Å². The van der Waals surface area contributed by atoms with Crippen molar-refractivity contribution < 1.29 is 23.6 Å². The van der Waals surface area contributed by atoms with Gasteiger partial charge >= 0.3 is 11.8 Å². The molecule has 2 aromatic heterocycles. The summed E-state index contributed by atoms with van der Waals surface area (Å²) in [7, 11) is 0. The van der Waals surface area contributed by atoms with E-state index in [0.717, 1.165) is 42.4 Å². The lowest BCUT2D eigenvalue weighted by molar-refractivity contribution is -0.129. The van der Waals surface area contributed by atoms with Crippen LogP contribution in [0.15, 0.2) is 82.4 Å². The second-order valence-corrected chi connectivity index (χ2v) is 13.1. The van der Waals surface area contributed by atoms with E-state index in [9.17, 15) is 19.2 Å². The number of amides is 2. The standard InChI is InChI=1S/C36H41N5O6/c1-36(2,3)46-34(44)38-21-24-8-12-26(13-9-24)31(42)20-29(19-23-6-10-25(11-7-23)28-5-4-18-37-22-28)33(43)39-30-16-14-27(15-17-30)32-40-35(45)47-41-32/h4-7,10-11,14-18,22,24,26,29H,8-9,12-13,19-21H2,1-3H3,(H,38,44)(H,39,43)(H,40,41,45)/t24?,26?,29-/m1/s1. The highest BCUT2D eigenvalue weighted by Crippen LogP contribution is 2.32. The lowest BCUT2D eigenvalue weighted by Crippen LogP contribution is -2.37. The topological polar surface area (TPSA) is 156 Å². The smallest absolute Gasteiger partial charge is 0.439 e. The highest BCUT2D eigenvalue weighted by Gasteiger charge is 2.31. The minimum atomic E-state index is -0.649. The Labute approximate surface area is 273 Å². The quantitative estimate of drug-likeness (QED) is 0.176. The number of benzene rings is 2. The number of Topliss-reactive ketones (excluding diaryl/α,β-unsaturated/α-hetero) is 1. The third-order valence-corrected chi connectivity index (χ3v) is 8.35. The van der Waals surface area contributed by atoms with E-state index in [1.807, 2.05) is 57.2 Å². The molecule has 2 aromatic carbocycles. The SMILES string of the molecule is CC(C)(C)OC(=O)NCC1CCC(C(=O)C[C@@H](Cc2ccc(-c3cccnc3)cc2)C(=O)Nc2ccc(-c3noc(=O)[nH]3)cc2)CC1. The normalized spacial score (nSPS) is 17.0. The predicted octanol–water partition coefficient (Wildman–Crippen LogP) is 6.18. The number of hydrogen-bond donors (Lipinski definition) is 3. The molecule has 11 heteroatoms. The van der Waals surface area contributed by atoms with Crippen LogP contribution in [-0.4, -0.2) is 45.1 Å². The van der Waals surface area contributed by atoms with Gasteiger partial charge in [-0.3, -0.25) is 24.1 Å². The van der Waals surface area contributed by atoms with E-state index in [2.05, 4.69) is 30.3 Å². The molecular formula is C36H41N5O6. The largest absolute Gasteiger partial charge is 0.444 e. The Morgan fingerprint density at radius 1 is 0.957 bits per heavy atom. The van der Waals surface area contributed by atoms with E-state index >= 15 is 0 Å². The van der Waals surface area contributed by atoms with Crippen molar-refractivity contribution in [3.63, 3.8) is 0 Å². The molecule has 1 fully saturated rings. The van der Waals surface area contributed by atoms with Gasteiger partial charge in [-0.05, 0) is 106 Å². The molecule has 1 saturated carbocycles. The molecule has 0 aliphatic heterocycles. The van der Waals surface area contributed by atoms with Crippen LogP contribution in [0.2, 0.25) is 0 Å². The summed E-state index contributed by atoms with van der Waals surface area (Å²) in [5, 5.41) is 9.52. The van der Waals surface area contributed by atoms with Gasteiger partial charge in [-0.2, -0.15) is 0 Å². The molecule has 11 nitrogen and oxygen atoms in total. The fourth-order valence-electron chi connectivity index (χ4n) is 5.86. The van der Waals surface area contributed by atoms with Crippen LogP contribution in [0, 0.1) is 17.8 Å². The maximum Gasteiger partial charge on any atom is 0.439 e. The molecule has 1 aliphatic rings. The summed E-state index contributed by atoms with van der Waals surface area (Å²) in [4.78, 5) is 57.4. The number of carbonyl (C=O) groups excluding carboxylic acids is 3. The Hall–Kier alpha value is -5.06. The average Bonchev–Trinajstić information content (AvgIpc) is 3.50. The van der Waals surface area contributed by atoms with Gasteiger partial charge in [0.25, 0.3) is 0 Å². The molecule has 2 heterocycles. The van der Waals surface area contributed by atoms with Gasteiger partial charge in [-0.1, -0.05) is 35.5 Å². The predicted molar refractivity (Wildman–Crippen MR) is 177 cm³/mol. The molecule has 4 aromatic rings. The molecule has 0 bridgehead atoms. The molecule has 1 aliphatic carbocycles. The number of anilines is 1. The first kappa shape index (κ1) is 33.3. The van der Waals surface area contributed by atoms with Crippen molar-refractivity contribution in [2.45, 2.75) is 64.9 Å². The van der Waals surface area contributed by atoms with Crippen molar-refractivity contribution in [2.24, 2.45) is 17.8 Å². The fourth-order valence-corrected chi connectivity index (χ4v) is 5.86. The summed E-state index contributed by atoms with van der Waals surface area (Å²) in [6, 6.07) is 18.7. The highest BCUT2D eigenvalue weighted by molar-refractivity contribution is 5.96. The van der Waals surface area contributed by atoms with Crippen LogP contribution in [0.5, 0.6) is 0 Å². The lowest BCUT2D eigenvalue weighted by Gasteiger charge is -2.29. The average molecular weight is 640 g/mol. The molecule has 47 heavy (non-hydrogen) atoms. The summed E-state index contributed by atoms with van der Waals surface area (Å²) >= 11 is 0. The van der Waals surface area contributed by atoms with E-state index in [1.165, 1.54) is 0 Å². The number of alkyl carbamates (subject to hydrolysis) is 1. The van der Waals surface area contributed by atoms with E-state index in [4.69, 9.17) is 4.74 Å². The first-order valence-corrected chi connectivity index (χ1v) is 16.0. The number of hydrogen-bond acceptors (Lipinski definition) is 8. The van der Waals surface area contributed by atoms with Gasteiger partial charge in [-0.25, -0.2) is 9.59 Å². The Morgan fingerprint density at radius 2 is 1.66 bits per heavy atom. The van der Waals surface area contributed by atoms with Gasteiger partial charge < -0.3 is 15.4 Å². The zero-order chi connectivity index (χ0) is 33.4. The van der Waals surface area contributed by atoms with Crippen LogP contribution in [0.4, 0.5) is 10.5 Å². The van der Waals surface area contributed by atoms with E-state index in [0.29, 0.717) is 30.0 Å². The minimum absolute atomic E-state index is 0.0843. The van der Waals surface area contributed by atoms with Crippen LogP contribution in [-0.2, 0) is 20.7 Å². The number of H-pyrrole nitrogens is 1. The summed E-state index contributed by atoms with van der Waals surface area (Å²) in [5.41, 5.74) is 3.61. The molecule has 1 atom stereocenters. The van der Waals surface area contributed by atoms with Crippen LogP contribution >= 0.6 is 0 Å². The summed E-state index contributed by atoms with van der Waals surface area (Å²) in [5.74, 6) is -0.939. The summed E-state index contributed by atoms with van der Waals surface area (Å²) in [6.07, 6.45) is 6.72. The Bertz CT molecular complexity index is 1700. The van der Waals surface area contributed by atoms with Gasteiger partial charge in [0.1, 0.15) is 11.4 Å². The Balaban J connectivity index is 1.23. The summed E-state index contributed by atoms with van der Waals surface area (Å²) in [6.45, 7) is 6.00. The summed E-state index contributed by atoms with van der Waals surface area (Å²) < 4.78 is 9.91. The number of carbonyl (C=O) groups is 3. The molecule has 0 spiro atoms. The first-order chi connectivity index (χ1) is 22.5. The van der Waals surface area contributed by atoms with Crippen molar-refractivity contribution in [3.8, 4) is 22.5 Å². The van der Waals surface area contributed by atoms with E-state index < -0.39 is 23.4 Å². The van der Waals surface area contributed by atoms with Crippen molar-refractivity contribution in [1.29, 1.82) is 0 Å². The van der Waals surface area contributed by atoms with Crippen LogP contribution in [0.25, 0.3) is 22.5 Å². The molecule has 246 valence electrons. The van der Waals surface area contributed by atoms with Gasteiger partial charge in [0.2, 0.25) is 5.91 Å². The third kappa shape index (κ3) is 9.71. The van der Waals surface area contributed by atoms with Gasteiger partial charge in [0, 0.05) is 48.4 Å². The Morgan fingerprint density at radius 3 is 2.28 bits per heavy atom. The Kier molecular flexibility index (Phi) is 10.6. The number of pyridine rings is 1. The van der Waals surface area contributed by atoms with Gasteiger partial charge in [0.05, 0.1) is 0 Å². The minimum Gasteiger partial charge on any atom is -0.444 e. The van der Waals surface area contributed by atoms with Gasteiger partial charge in [-0.15, -0.1) is 0 Å². The maximum atomic E-state index is 13.7. The van der Waals surface area contributed by atoms with Crippen LogP contribution < -0.4 is 16.4 Å². The zero-order valence-corrected chi connectivity index (χ0v) is 27.0. The number of rotatable bonds is 11. The number of ether oxygens (including phenoxy) is 1. The van der Waals surface area contributed by atoms with E-state index in [1.54, 1.807) is 36.7 Å². The number of nitrogens with zero attached hydrogens (tertiary/aromatic N) is 2. The third-order valence-electron chi connectivity index (χ3n) is 8.35. The molecule has 2 amide bonds. The molecule has 0 saturated heterocycles. The number of nitrogens with one attached hydrogen (secondary N) is 3. The maximum absolute atomic E-state index is 13.7. The molecule has 0 radical (unpaired) electrons. The van der Waals surface area contributed by atoms with Crippen LogP contribution in [0.1, 0.15) is 58.4 Å². The van der Waals surface area contributed by atoms with Crippen molar-refractivity contribution in [1.82, 2.24) is 20.4 Å². The fraction of sp³-hybridized carbons (Fsp3) is 0.389. The van der Waals surface area contributed by atoms with Crippen LogP contribution in [0.3, 0.4) is 0 Å². The second-order valence-electron chi connectivity index (χ2n) is 13.1. The first-order valence-electron chi connectivity index (χ1n) is 16.0. The number of aromatic nitrogens is 3. The monoisotopic (exact) mass is 639 g/mol. The highest BCUT2D eigenvalue weighted by atomic mass is 16.6. The zero-order valence-electron chi connectivity index (χ0n) is 27.0. The molecule has 0 unspecified atom stereocenters.